The van der Waals surface area contributed by atoms with Crippen LogP contribution in [0.3, 0.4) is 0 Å². The average Bonchev–Trinajstić information content (AvgIpc) is 2.75. The molecule has 8 heteroatoms. The lowest BCUT2D eigenvalue weighted by atomic mass is 10.1. The first-order valence-corrected chi connectivity index (χ1v) is 9.39. The van der Waals surface area contributed by atoms with Crippen molar-refractivity contribution in [1.29, 1.82) is 0 Å². The lowest BCUT2D eigenvalue weighted by molar-refractivity contribution is 0.191. The fraction of sp³-hybridized carbons (Fsp3) is 0.182. The summed E-state index contributed by atoms with van der Waals surface area (Å²) in [5.41, 5.74) is 1.99. The first kappa shape index (κ1) is 20.9. The van der Waals surface area contributed by atoms with Gasteiger partial charge in [0.1, 0.15) is 0 Å². The van der Waals surface area contributed by atoms with Crippen LogP contribution >= 0.6 is 0 Å². The van der Waals surface area contributed by atoms with E-state index in [1.54, 1.807) is 30.3 Å². The summed E-state index contributed by atoms with van der Waals surface area (Å²) in [6.45, 7) is 0.136. The molecule has 0 saturated heterocycles. The van der Waals surface area contributed by atoms with Crippen molar-refractivity contribution in [3.63, 3.8) is 0 Å². The maximum Gasteiger partial charge on any atom is 0.417 e. The molecule has 3 aromatic rings. The van der Waals surface area contributed by atoms with Crippen LogP contribution in [0.5, 0.6) is 5.75 Å². The van der Waals surface area contributed by atoms with Gasteiger partial charge in [-0.25, -0.2) is 4.79 Å². The highest BCUT2D eigenvalue weighted by Gasteiger charge is 2.15. The van der Waals surface area contributed by atoms with Crippen molar-refractivity contribution in [2.24, 2.45) is 0 Å². The number of ether oxygens (including phenoxy) is 1. The van der Waals surface area contributed by atoms with Crippen molar-refractivity contribution < 1.29 is 14.6 Å². The van der Waals surface area contributed by atoms with Gasteiger partial charge in [0, 0.05) is 38.2 Å². The monoisotopic (exact) mass is 408 g/mol. The number of rotatable bonds is 7. The predicted molar refractivity (Wildman–Crippen MR) is 117 cm³/mol. The molecule has 0 saturated carbocycles. The summed E-state index contributed by atoms with van der Waals surface area (Å²) >= 11 is 0. The number of hydrogen-bond donors (Lipinski definition) is 4. The average molecular weight is 408 g/mol. The Morgan fingerprint density at radius 1 is 1.10 bits per heavy atom. The molecule has 0 fully saturated rings. The first-order chi connectivity index (χ1) is 14.4. The highest BCUT2D eigenvalue weighted by atomic mass is 16.6. The number of aliphatic hydroxyl groups excluding tert-OH is 1. The summed E-state index contributed by atoms with van der Waals surface area (Å²) < 4.78 is 5.25. The molecule has 8 nitrogen and oxygen atoms in total. The Morgan fingerprint density at radius 2 is 1.80 bits per heavy atom. The van der Waals surface area contributed by atoms with Crippen molar-refractivity contribution in [1.82, 2.24) is 4.98 Å². The van der Waals surface area contributed by atoms with Gasteiger partial charge < -0.3 is 25.0 Å². The molecule has 0 bridgehead atoms. The van der Waals surface area contributed by atoms with E-state index in [4.69, 9.17) is 4.74 Å². The maximum atomic E-state index is 12.3. The molecule has 1 aromatic heterocycles. The fourth-order valence-electron chi connectivity index (χ4n) is 2.78. The van der Waals surface area contributed by atoms with Crippen LogP contribution in [0.25, 0.3) is 0 Å². The van der Waals surface area contributed by atoms with Crippen molar-refractivity contribution in [2.45, 2.75) is 6.10 Å². The van der Waals surface area contributed by atoms with Gasteiger partial charge in [0.2, 0.25) is 5.75 Å². The summed E-state index contributed by atoms with van der Waals surface area (Å²) in [4.78, 5) is 28.9. The minimum Gasteiger partial charge on any atom is -0.402 e. The molecule has 4 N–H and O–H groups in total. The number of nitrogens with one attached hydrogen (secondary N) is 3. The zero-order valence-electron chi connectivity index (χ0n) is 16.8. The summed E-state index contributed by atoms with van der Waals surface area (Å²) in [5, 5.41) is 15.9. The number of aromatic amines is 1. The molecule has 0 radical (unpaired) electrons. The van der Waals surface area contributed by atoms with E-state index < -0.39 is 17.8 Å². The molecule has 0 unspecified atom stereocenters. The van der Waals surface area contributed by atoms with Crippen molar-refractivity contribution in [2.75, 3.05) is 36.2 Å². The molecule has 2 aromatic carbocycles. The summed E-state index contributed by atoms with van der Waals surface area (Å²) in [6, 6.07) is 17.9. The van der Waals surface area contributed by atoms with E-state index in [0.717, 1.165) is 11.3 Å². The summed E-state index contributed by atoms with van der Waals surface area (Å²) in [7, 11) is 3.84. The topological polar surface area (TPSA) is 107 Å². The summed E-state index contributed by atoms with van der Waals surface area (Å²) in [5.74, 6) is -0.180. The van der Waals surface area contributed by atoms with E-state index in [1.807, 2.05) is 49.3 Å². The largest absolute Gasteiger partial charge is 0.417 e. The van der Waals surface area contributed by atoms with E-state index in [0.29, 0.717) is 11.4 Å². The second-order valence-corrected chi connectivity index (χ2v) is 6.81. The van der Waals surface area contributed by atoms with E-state index in [9.17, 15) is 14.7 Å². The van der Waals surface area contributed by atoms with E-state index in [2.05, 4.69) is 15.6 Å². The minimum absolute atomic E-state index is 0.136. The smallest absolute Gasteiger partial charge is 0.402 e. The Kier molecular flexibility index (Phi) is 6.71. The van der Waals surface area contributed by atoms with Crippen molar-refractivity contribution in [3.05, 3.63) is 82.8 Å². The van der Waals surface area contributed by atoms with Crippen LogP contribution < -0.4 is 25.8 Å². The van der Waals surface area contributed by atoms with Crippen LogP contribution in [0, 0.1) is 0 Å². The van der Waals surface area contributed by atoms with Gasteiger partial charge in [-0.15, -0.1) is 0 Å². The summed E-state index contributed by atoms with van der Waals surface area (Å²) in [6.07, 6.45) is -0.150. The molecule has 0 aliphatic carbocycles. The van der Waals surface area contributed by atoms with Crippen LogP contribution in [-0.4, -0.2) is 36.8 Å². The molecule has 1 atom stereocenters. The third-order valence-electron chi connectivity index (χ3n) is 4.41. The number of carbonyl (C=O) groups is 1. The number of hydrogen-bond acceptors (Lipinski definition) is 6. The minimum atomic E-state index is -0.795. The zero-order valence-corrected chi connectivity index (χ0v) is 16.8. The molecule has 3 rings (SSSR count). The number of benzene rings is 2. The van der Waals surface area contributed by atoms with Crippen LogP contribution in [0.4, 0.5) is 21.9 Å². The van der Waals surface area contributed by atoms with Crippen LogP contribution in [0.2, 0.25) is 0 Å². The van der Waals surface area contributed by atoms with E-state index >= 15 is 0 Å². The number of H-pyrrole nitrogens is 1. The van der Waals surface area contributed by atoms with Gasteiger partial charge >= 0.3 is 6.09 Å². The lowest BCUT2D eigenvalue weighted by Crippen LogP contribution is -2.23. The lowest BCUT2D eigenvalue weighted by Gasteiger charge is -2.15. The van der Waals surface area contributed by atoms with Gasteiger partial charge in [-0.3, -0.25) is 10.1 Å². The second kappa shape index (κ2) is 9.62. The third kappa shape index (κ3) is 5.39. The first-order valence-electron chi connectivity index (χ1n) is 9.39. The number of nitrogens with zero attached hydrogens (tertiary/aromatic N) is 1. The normalized spacial score (nSPS) is 11.4. The number of aliphatic hydroxyl groups is 1. The molecule has 1 heterocycles. The SMILES string of the molecule is CN(C)c1ccc(NC(=O)Oc2c(NC[C@@H](O)c3ccccc3)cc[nH]c2=O)cc1. The number of carbonyl (C=O) groups excluding carboxylic acids is 1. The van der Waals surface area contributed by atoms with Crippen molar-refractivity contribution in [3.8, 4) is 5.75 Å². The Morgan fingerprint density at radius 3 is 2.47 bits per heavy atom. The van der Waals surface area contributed by atoms with Gasteiger partial charge in [-0.1, -0.05) is 30.3 Å². The van der Waals surface area contributed by atoms with Crippen LogP contribution in [0.15, 0.2) is 71.7 Å². The molecular formula is C22H24N4O4. The van der Waals surface area contributed by atoms with Crippen LogP contribution in [0.1, 0.15) is 11.7 Å². The van der Waals surface area contributed by atoms with Gasteiger partial charge in [0.15, 0.2) is 0 Å². The van der Waals surface area contributed by atoms with Gasteiger partial charge in [-0.05, 0) is 35.9 Å². The molecule has 0 aliphatic rings. The molecule has 0 spiro atoms. The predicted octanol–water partition coefficient (Wildman–Crippen LogP) is 3.20. The third-order valence-corrected chi connectivity index (χ3v) is 4.41. The Balaban J connectivity index is 1.66. The highest BCUT2D eigenvalue weighted by Crippen LogP contribution is 2.22. The van der Waals surface area contributed by atoms with E-state index in [1.165, 1.54) is 6.20 Å². The Hall–Kier alpha value is -3.78. The number of aromatic nitrogens is 1. The number of pyridine rings is 1. The van der Waals surface area contributed by atoms with Gasteiger partial charge in [0.25, 0.3) is 5.56 Å². The molecule has 1 amide bonds. The van der Waals surface area contributed by atoms with Gasteiger partial charge in [-0.2, -0.15) is 0 Å². The van der Waals surface area contributed by atoms with E-state index in [-0.39, 0.29) is 12.3 Å². The zero-order chi connectivity index (χ0) is 21.5. The standard InChI is InChI=1S/C22H24N4O4/c1-26(2)17-10-8-16(9-11-17)25-22(29)30-20-18(12-13-23-21(20)28)24-14-19(27)15-6-4-3-5-7-15/h3-13,19,27H,14H2,1-2H3,(H,25,29)(H2,23,24,28)/t19-/m1/s1. The molecule has 30 heavy (non-hydrogen) atoms. The van der Waals surface area contributed by atoms with Crippen molar-refractivity contribution >= 4 is 23.2 Å². The molecular weight excluding hydrogens is 384 g/mol. The quantitative estimate of drug-likeness (QED) is 0.478. The Bertz CT molecular complexity index is 1030. The molecule has 0 aliphatic heterocycles. The second-order valence-electron chi connectivity index (χ2n) is 6.81. The number of anilines is 3. The Labute approximate surface area is 174 Å². The highest BCUT2D eigenvalue weighted by molar-refractivity contribution is 5.87. The molecule has 156 valence electrons. The number of amides is 1. The fourth-order valence-corrected chi connectivity index (χ4v) is 2.78. The maximum absolute atomic E-state index is 12.3. The van der Waals surface area contributed by atoms with Crippen LogP contribution in [-0.2, 0) is 0 Å². The van der Waals surface area contributed by atoms with Gasteiger partial charge in [0.05, 0.1) is 11.8 Å².